The van der Waals surface area contributed by atoms with Crippen LogP contribution >= 0.6 is 0 Å². The lowest BCUT2D eigenvalue weighted by Crippen LogP contribution is -2.62. The van der Waals surface area contributed by atoms with Crippen molar-refractivity contribution in [3.63, 3.8) is 0 Å². The van der Waals surface area contributed by atoms with E-state index in [0.29, 0.717) is 5.56 Å². The summed E-state index contributed by atoms with van der Waals surface area (Å²) in [7, 11) is 0. The molecule has 140 heavy (non-hydrogen) atoms. The minimum absolute atomic E-state index is 0.000156. The summed E-state index contributed by atoms with van der Waals surface area (Å²) < 4.78 is 0. The van der Waals surface area contributed by atoms with E-state index in [-0.39, 0.29) is 81.8 Å². The number of amides is 19. The molecule has 55 heteroatoms. The summed E-state index contributed by atoms with van der Waals surface area (Å²) in [6.45, 7) is 4.59. The number of phenols is 1. The van der Waals surface area contributed by atoms with Crippen molar-refractivity contribution < 1.29 is 156 Å². The number of guanidine groups is 1. The third kappa shape index (κ3) is 40.5. The quantitative estimate of drug-likeness (QED) is 0.0166. The average Bonchev–Trinajstić information content (AvgIpc) is 1.64. The Morgan fingerprint density at radius 3 is 1.26 bits per heavy atom. The summed E-state index contributed by atoms with van der Waals surface area (Å²) in [6.07, 6.45) is -12.7. The highest BCUT2D eigenvalue weighted by Gasteiger charge is 2.46. The third-order valence-corrected chi connectivity index (χ3v) is 21.8. The van der Waals surface area contributed by atoms with Crippen LogP contribution in [0.5, 0.6) is 5.75 Å². The van der Waals surface area contributed by atoms with Crippen LogP contribution in [-0.2, 0) is 128 Å². The van der Waals surface area contributed by atoms with E-state index in [0.717, 1.165) is 28.9 Å². The van der Waals surface area contributed by atoms with Crippen LogP contribution in [0.1, 0.15) is 155 Å². The predicted molar refractivity (Wildman–Crippen MR) is 482 cm³/mol. The number of carbonyl (C=O) groups is 24. The van der Waals surface area contributed by atoms with Crippen LogP contribution in [0.4, 0.5) is 0 Å². The van der Waals surface area contributed by atoms with Gasteiger partial charge in [0, 0.05) is 51.7 Å². The van der Waals surface area contributed by atoms with E-state index < -0.39 is 347 Å². The van der Waals surface area contributed by atoms with Gasteiger partial charge in [-0.3, -0.25) is 120 Å². The Morgan fingerprint density at radius 2 is 0.800 bits per heavy atom. The molecular weight excluding hydrogens is 1860 g/mol. The fraction of sp³-hybridized carbons (Fsp3) is 0.565. The molecule has 2 aromatic rings. The fourth-order valence-electron chi connectivity index (χ4n) is 14.6. The number of rotatable bonds is 61. The van der Waals surface area contributed by atoms with Crippen LogP contribution in [0.2, 0.25) is 0 Å². The van der Waals surface area contributed by atoms with Crippen molar-refractivity contribution in [3.05, 3.63) is 65.7 Å². The molecule has 17 atom stereocenters. The topological polar surface area (TPSA) is 912 Å². The number of nitrogens with one attached hydrogen (secondary N) is 16. The molecule has 2 aliphatic heterocycles. The zero-order valence-corrected chi connectivity index (χ0v) is 77.3. The highest BCUT2D eigenvalue weighted by molar-refractivity contribution is 6.03. The van der Waals surface area contributed by atoms with Crippen LogP contribution in [-0.4, -0.2) is 334 Å². The molecule has 772 valence electrons. The van der Waals surface area contributed by atoms with E-state index in [2.05, 4.69) is 79.8 Å². The maximum Gasteiger partial charge on any atom is 0.305 e. The van der Waals surface area contributed by atoms with Crippen LogP contribution in [0.25, 0.3) is 0 Å². The number of carboxylic acids is 5. The molecule has 0 aliphatic carbocycles. The van der Waals surface area contributed by atoms with Gasteiger partial charge in [0.1, 0.15) is 96.4 Å². The van der Waals surface area contributed by atoms with Gasteiger partial charge in [0.25, 0.3) is 0 Å². The maximum absolute atomic E-state index is 14.6. The first-order valence-corrected chi connectivity index (χ1v) is 44.4. The summed E-state index contributed by atoms with van der Waals surface area (Å²) in [5.74, 6) is -32.6. The first-order chi connectivity index (χ1) is 65.7. The molecule has 2 aromatic carbocycles. The summed E-state index contributed by atoms with van der Waals surface area (Å²) in [5, 5.41) is 123. The molecule has 2 aliphatic rings. The Balaban J connectivity index is 1.60. The molecular formula is C85H125N23O32. The summed E-state index contributed by atoms with van der Waals surface area (Å²) >= 11 is 0. The highest BCUT2D eigenvalue weighted by atomic mass is 16.4. The normalized spacial score (nSPS) is 16.4. The van der Waals surface area contributed by atoms with Gasteiger partial charge in [-0.25, -0.2) is 0 Å². The van der Waals surface area contributed by atoms with E-state index in [1.165, 1.54) is 26.0 Å². The van der Waals surface area contributed by atoms with E-state index in [1.54, 1.807) is 44.2 Å². The van der Waals surface area contributed by atoms with Gasteiger partial charge in [0.15, 0.2) is 5.96 Å². The van der Waals surface area contributed by atoms with Crippen molar-refractivity contribution in [2.24, 2.45) is 40.5 Å². The SMILES string of the molecule is CC(C)CC(NC(=O)CNC(=O)C(Cc1ccccc1)NC(=O)C(CC(=O)O)NC(=O)C(Cc1ccc(O)cc1)NC(=O)C(CO)NC(=O)C(CC(N)=O)NC(=O)C(CCCNC(=N)N)NC(=O)C(CCC(=O)O)NC(=O)C(NC(=O)C(CCC(=O)O)NC(=O)C1CCCN1C(=O)C(CC(=O)O)NC(=O)C1CCCN1C(=O)C(NC(=O)C(CCC(=O)O)NC(=O)C(N)CC(N)=O)C(C)C)C(C)O)C(N)=O. The number of aliphatic hydroxyl groups excluding tert-OH is 2. The van der Waals surface area contributed by atoms with Crippen molar-refractivity contribution in [1.29, 1.82) is 5.41 Å². The minimum atomic E-state index is -2.24. The molecule has 0 spiro atoms. The number of carboxylic acid groups (broad SMARTS) is 5. The van der Waals surface area contributed by atoms with Crippen LogP contribution in [0, 0.1) is 17.2 Å². The first kappa shape index (κ1) is 117. The Hall–Kier alpha value is -15.3. The molecule has 0 bridgehead atoms. The van der Waals surface area contributed by atoms with Crippen LogP contribution in [0.3, 0.4) is 0 Å². The zero-order chi connectivity index (χ0) is 105. The molecule has 2 saturated heterocycles. The van der Waals surface area contributed by atoms with Crippen LogP contribution in [0.15, 0.2) is 54.6 Å². The number of hydrogen-bond donors (Lipinski definition) is 29. The number of aliphatic hydroxyl groups is 2. The number of aromatic hydroxyl groups is 1. The van der Waals surface area contributed by atoms with Crippen LogP contribution < -0.4 is 108 Å². The smallest absolute Gasteiger partial charge is 0.305 e. The van der Waals surface area contributed by atoms with E-state index in [1.807, 2.05) is 0 Å². The van der Waals surface area contributed by atoms with E-state index in [9.17, 15) is 156 Å². The number of likely N-dealkylation sites (tertiary alicyclic amines) is 2. The van der Waals surface area contributed by atoms with Crippen molar-refractivity contribution in [2.75, 3.05) is 32.8 Å². The van der Waals surface area contributed by atoms with Crippen molar-refractivity contribution in [2.45, 2.75) is 259 Å². The Kier molecular flexibility index (Phi) is 48.2. The number of benzene rings is 2. The summed E-state index contributed by atoms with van der Waals surface area (Å²) in [4.78, 5) is 325. The van der Waals surface area contributed by atoms with Crippen molar-refractivity contribution >= 4 is 148 Å². The highest BCUT2D eigenvalue weighted by Crippen LogP contribution is 2.25. The second-order valence-corrected chi connectivity index (χ2v) is 34.0. The second kappa shape index (κ2) is 57.6. The second-order valence-electron chi connectivity index (χ2n) is 34.0. The molecule has 17 unspecified atom stereocenters. The number of carbonyl (C=O) groups excluding carboxylic acids is 19. The van der Waals surface area contributed by atoms with Gasteiger partial charge in [-0.1, -0.05) is 70.2 Å². The average molecular weight is 1980 g/mol. The fourth-order valence-corrected chi connectivity index (χ4v) is 14.6. The Morgan fingerprint density at radius 1 is 0.407 bits per heavy atom. The number of hydrogen-bond acceptors (Lipinski definition) is 29. The van der Waals surface area contributed by atoms with Gasteiger partial charge in [0.2, 0.25) is 112 Å². The molecule has 55 nitrogen and oxygen atoms in total. The lowest BCUT2D eigenvalue weighted by molar-refractivity contribution is -0.148. The number of nitrogens with zero attached hydrogens (tertiary/aromatic N) is 2. The molecule has 19 amide bonds. The van der Waals surface area contributed by atoms with Gasteiger partial charge >= 0.3 is 29.8 Å². The molecule has 2 fully saturated rings. The largest absolute Gasteiger partial charge is 0.508 e. The van der Waals surface area contributed by atoms with Crippen molar-refractivity contribution in [1.82, 2.24) is 89.6 Å². The summed E-state index contributed by atoms with van der Waals surface area (Å²) in [6, 6.07) is -16.5. The standard InChI is InChI=1S/C85H125N23O32/c1-39(2)30-50(69(89)125)94-61(114)37-93-71(127)51(31-42-12-7-6-8-13-42)99-78(134)54(35-65(121)122)102-76(132)52(32-43-17-19-44(111)20-18-43)100-79(135)56(38-109)104-77(133)53(34-60(88)113)101-72(128)46(14-9-27-92-85(90)91)96-73(129)47(21-24-62(115)116)98-82(138)68(41(5)110)106-75(131)49(23-26-64(119)120)97-80(136)57-15-10-28-107(57)83(139)55(36-66(123)124)103-81(137)58-16-11-29-108(58)84(140)67(40(3)4)105-74(130)48(22-25-63(117)118)95-70(126)45(86)33-59(87)112/h6-8,12-13,17-20,39-41,45-58,67-68,109-111H,9-11,14-16,21-38,86H2,1-5H3,(H2,87,112)(H2,88,113)(H2,89,125)(H,93,127)(H,94,114)(H,95,126)(H,96,129)(H,97,136)(H,98,138)(H,99,134)(H,100,135)(H,101,128)(H,102,132)(H,103,137)(H,104,133)(H,105,130)(H,106,131)(H,115,116)(H,117,118)(H,119,120)(H,121,122)(H,123,124)(H4,90,91,92). The number of primary amides is 3. The van der Waals surface area contributed by atoms with Gasteiger partial charge in [-0.05, 0) is 106 Å². The summed E-state index contributed by atoms with van der Waals surface area (Å²) in [5.41, 5.74) is 27.9. The number of aliphatic carboxylic acids is 5. The number of nitrogens with two attached hydrogens (primary N) is 5. The predicted octanol–water partition coefficient (Wildman–Crippen LogP) is -11.0. The molecule has 4 rings (SSSR count). The lowest BCUT2D eigenvalue weighted by Gasteiger charge is -2.33. The number of phenolic OH excluding ortho intramolecular Hbond substituents is 1. The van der Waals surface area contributed by atoms with E-state index >= 15 is 0 Å². The van der Waals surface area contributed by atoms with Gasteiger partial charge in [-0.15, -0.1) is 0 Å². The lowest BCUT2D eigenvalue weighted by atomic mass is 10.0. The third-order valence-electron chi connectivity index (χ3n) is 21.8. The Labute approximate surface area is 800 Å². The molecule has 0 saturated carbocycles. The maximum atomic E-state index is 14.6. The minimum Gasteiger partial charge on any atom is -0.508 e. The first-order valence-electron chi connectivity index (χ1n) is 44.4. The molecule has 0 radical (unpaired) electrons. The Bertz CT molecular complexity index is 4810. The monoisotopic (exact) mass is 1980 g/mol. The van der Waals surface area contributed by atoms with Gasteiger partial charge in [0.05, 0.1) is 51.0 Å². The van der Waals surface area contributed by atoms with E-state index in [4.69, 9.17) is 34.1 Å². The molecule has 2 heterocycles. The van der Waals surface area contributed by atoms with Crippen molar-refractivity contribution in [3.8, 4) is 5.75 Å². The van der Waals surface area contributed by atoms with Gasteiger partial charge < -0.3 is 159 Å². The van der Waals surface area contributed by atoms with Gasteiger partial charge in [-0.2, -0.15) is 0 Å². The zero-order valence-electron chi connectivity index (χ0n) is 77.3. The molecule has 34 N–H and O–H groups in total. The molecule has 0 aromatic heterocycles.